The predicted octanol–water partition coefficient (Wildman–Crippen LogP) is 3.26. The molecule has 19 heavy (non-hydrogen) atoms. The van der Waals surface area contributed by atoms with Gasteiger partial charge in [-0.25, -0.2) is 0 Å². The largest absolute Gasteiger partial charge is 0.356 e. The number of carbonyl (C=O) groups excluding carboxylic acids is 2. The van der Waals surface area contributed by atoms with Crippen LogP contribution in [0.3, 0.4) is 0 Å². The quantitative estimate of drug-likeness (QED) is 0.576. The van der Waals surface area contributed by atoms with Crippen molar-refractivity contribution in [3.63, 3.8) is 0 Å². The Morgan fingerprint density at radius 3 is 2.53 bits per heavy atom. The normalized spacial score (nSPS) is 10.2. The summed E-state index contributed by atoms with van der Waals surface area (Å²) >= 11 is 0. The number of unbranched alkanes of at least 4 members (excludes halogenated alkanes) is 2. The van der Waals surface area contributed by atoms with Crippen molar-refractivity contribution in [1.82, 2.24) is 5.32 Å². The minimum atomic E-state index is -0.0296. The van der Waals surface area contributed by atoms with E-state index in [4.69, 9.17) is 0 Å². The third-order valence-corrected chi connectivity index (χ3v) is 3.13. The van der Waals surface area contributed by atoms with Crippen molar-refractivity contribution in [3.05, 3.63) is 35.4 Å². The number of ketones is 1. The van der Waals surface area contributed by atoms with E-state index in [2.05, 4.69) is 12.2 Å². The van der Waals surface area contributed by atoms with Gasteiger partial charge in [0.25, 0.3) is 0 Å². The molecule has 0 saturated carbocycles. The highest BCUT2D eigenvalue weighted by Crippen LogP contribution is 2.10. The number of aryl methyl sites for hydroxylation is 1. The Balaban J connectivity index is 2.30. The minimum Gasteiger partial charge on any atom is -0.356 e. The molecule has 0 aromatic heterocycles. The zero-order valence-corrected chi connectivity index (χ0v) is 11.9. The predicted molar refractivity (Wildman–Crippen MR) is 77.3 cm³/mol. The van der Waals surface area contributed by atoms with E-state index in [1.54, 1.807) is 0 Å². The van der Waals surface area contributed by atoms with Crippen molar-refractivity contribution in [1.29, 1.82) is 0 Å². The average molecular weight is 261 g/mol. The fourth-order valence-corrected chi connectivity index (χ4v) is 1.94. The van der Waals surface area contributed by atoms with Crippen LogP contribution in [-0.4, -0.2) is 18.2 Å². The van der Waals surface area contributed by atoms with Gasteiger partial charge in [-0.2, -0.15) is 0 Å². The van der Waals surface area contributed by atoms with Crippen molar-refractivity contribution < 1.29 is 9.59 Å². The molecule has 0 spiro atoms. The molecule has 0 aliphatic heterocycles. The van der Waals surface area contributed by atoms with E-state index < -0.39 is 0 Å². The maximum absolute atomic E-state index is 12.0. The molecule has 0 aliphatic rings. The van der Waals surface area contributed by atoms with Crippen LogP contribution in [0.2, 0.25) is 0 Å². The van der Waals surface area contributed by atoms with Crippen LogP contribution in [0.5, 0.6) is 0 Å². The Bertz CT molecular complexity index is 427. The number of Topliss-reactive ketones (excluding diaryl/α,β-unsaturated/α-hetero) is 1. The van der Waals surface area contributed by atoms with E-state index in [0.29, 0.717) is 6.54 Å². The van der Waals surface area contributed by atoms with Crippen LogP contribution >= 0.6 is 0 Å². The summed E-state index contributed by atoms with van der Waals surface area (Å²) in [6.07, 6.45) is 3.84. The van der Waals surface area contributed by atoms with Crippen LogP contribution in [0.25, 0.3) is 0 Å². The van der Waals surface area contributed by atoms with Crippen molar-refractivity contribution in [3.8, 4) is 0 Å². The maximum atomic E-state index is 12.0. The second kappa shape index (κ2) is 8.46. The molecular weight excluding hydrogens is 238 g/mol. The molecule has 0 aliphatic carbocycles. The number of carbonyl (C=O) groups is 2. The first-order chi connectivity index (χ1) is 9.15. The molecule has 1 rings (SSSR count). The number of nitrogens with one attached hydrogen (secondary N) is 1. The highest BCUT2D eigenvalue weighted by molar-refractivity contribution is 5.99. The van der Waals surface area contributed by atoms with E-state index in [0.717, 1.165) is 30.4 Å². The first-order valence-corrected chi connectivity index (χ1v) is 7.00. The lowest BCUT2D eigenvalue weighted by Gasteiger charge is -2.06. The molecule has 0 fully saturated rings. The van der Waals surface area contributed by atoms with Gasteiger partial charge in [0.1, 0.15) is 0 Å². The highest BCUT2D eigenvalue weighted by Gasteiger charge is 2.10. The number of amides is 1. The molecule has 1 N–H and O–H groups in total. The van der Waals surface area contributed by atoms with Crippen LogP contribution in [-0.2, 0) is 4.79 Å². The Labute approximate surface area is 115 Å². The zero-order valence-electron chi connectivity index (χ0n) is 11.9. The lowest BCUT2D eigenvalue weighted by molar-refractivity contribution is -0.121. The standard InChI is InChI=1S/C16H23NO2/c1-3-4-7-12-17-16(19)11-10-15(18)14-9-6-5-8-13(14)2/h5-6,8-9H,3-4,7,10-12H2,1-2H3,(H,17,19). The molecule has 0 heterocycles. The molecule has 1 aromatic carbocycles. The zero-order chi connectivity index (χ0) is 14.1. The summed E-state index contributed by atoms with van der Waals surface area (Å²) in [6, 6.07) is 7.49. The second-order valence-corrected chi connectivity index (χ2v) is 4.80. The molecule has 0 radical (unpaired) electrons. The maximum Gasteiger partial charge on any atom is 0.220 e. The van der Waals surface area contributed by atoms with Gasteiger partial charge in [-0.05, 0) is 18.9 Å². The molecule has 0 atom stereocenters. The van der Waals surface area contributed by atoms with Gasteiger partial charge in [0.05, 0.1) is 0 Å². The molecule has 104 valence electrons. The van der Waals surface area contributed by atoms with Gasteiger partial charge in [-0.3, -0.25) is 9.59 Å². The molecule has 1 aromatic rings. The van der Waals surface area contributed by atoms with E-state index >= 15 is 0 Å². The van der Waals surface area contributed by atoms with Crippen molar-refractivity contribution in [2.45, 2.75) is 46.0 Å². The number of rotatable bonds is 8. The van der Waals surface area contributed by atoms with Crippen molar-refractivity contribution >= 4 is 11.7 Å². The van der Waals surface area contributed by atoms with Gasteiger partial charge in [-0.15, -0.1) is 0 Å². The first kappa shape index (κ1) is 15.4. The van der Waals surface area contributed by atoms with Gasteiger partial charge < -0.3 is 5.32 Å². The summed E-state index contributed by atoms with van der Waals surface area (Å²) in [5, 5.41) is 2.85. The van der Waals surface area contributed by atoms with Crippen LogP contribution < -0.4 is 5.32 Å². The van der Waals surface area contributed by atoms with E-state index in [1.165, 1.54) is 0 Å². The van der Waals surface area contributed by atoms with E-state index in [1.807, 2.05) is 31.2 Å². The van der Waals surface area contributed by atoms with Crippen LogP contribution in [0.15, 0.2) is 24.3 Å². The number of hydrogen-bond donors (Lipinski definition) is 1. The van der Waals surface area contributed by atoms with Gasteiger partial charge in [0.2, 0.25) is 5.91 Å². The molecule has 3 nitrogen and oxygen atoms in total. The Kier molecular flexibility index (Phi) is 6.86. The average Bonchev–Trinajstić information content (AvgIpc) is 2.41. The van der Waals surface area contributed by atoms with Crippen molar-refractivity contribution in [2.75, 3.05) is 6.54 Å². The molecule has 0 bridgehead atoms. The summed E-state index contributed by atoms with van der Waals surface area (Å²) in [7, 11) is 0. The highest BCUT2D eigenvalue weighted by atomic mass is 16.2. The SMILES string of the molecule is CCCCCNC(=O)CCC(=O)c1ccccc1C. The van der Waals surface area contributed by atoms with Crippen LogP contribution in [0.1, 0.15) is 54.9 Å². The molecule has 0 unspecified atom stereocenters. The summed E-state index contributed by atoms with van der Waals surface area (Å²) in [4.78, 5) is 23.5. The third-order valence-electron chi connectivity index (χ3n) is 3.13. The lowest BCUT2D eigenvalue weighted by atomic mass is 10.0. The fraction of sp³-hybridized carbons (Fsp3) is 0.500. The molecule has 3 heteroatoms. The third kappa shape index (κ3) is 5.69. The summed E-state index contributed by atoms with van der Waals surface area (Å²) in [6.45, 7) is 4.76. The summed E-state index contributed by atoms with van der Waals surface area (Å²) in [5.74, 6) is 0.0137. The smallest absolute Gasteiger partial charge is 0.220 e. The Morgan fingerprint density at radius 1 is 1.11 bits per heavy atom. The van der Waals surface area contributed by atoms with Gasteiger partial charge >= 0.3 is 0 Å². The topological polar surface area (TPSA) is 46.2 Å². The van der Waals surface area contributed by atoms with E-state index in [9.17, 15) is 9.59 Å². The molecule has 1 amide bonds. The Morgan fingerprint density at radius 2 is 1.84 bits per heavy atom. The van der Waals surface area contributed by atoms with Gasteiger partial charge in [0, 0.05) is 24.9 Å². The van der Waals surface area contributed by atoms with E-state index in [-0.39, 0.29) is 24.5 Å². The second-order valence-electron chi connectivity index (χ2n) is 4.80. The molecular formula is C16H23NO2. The Hall–Kier alpha value is -1.64. The van der Waals surface area contributed by atoms with Crippen molar-refractivity contribution in [2.24, 2.45) is 0 Å². The number of benzene rings is 1. The first-order valence-electron chi connectivity index (χ1n) is 7.00. The summed E-state index contributed by atoms with van der Waals surface area (Å²) in [5.41, 5.74) is 1.69. The van der Waals surface area contributed by atoms with Crippen LogP contribution in [0, 0.1) is 6.92 Å². The minimum absolute atomic E-state index is 0.0296. The summed E-state index contributed by atoms with van der Waals surface area (Å²) < 4.78 is 0. The fourth-order valence-electron chi connectivity index (χ4n) is 1.94. The van der Waals surface area contributed by atoms with Crippen LogP contribution in [0.4, 0.5) is 0 Å². The van der Waals surface area contributed by atoms with Gasteiger partial charge in [0.15, 0.2) is 5.78 Å². The lowest BCUT2D eigenvalue weighted by Crippen LogP contribution is -2.24. The molecule has 0 saturated heterocycles. The monoisotopic (exact) mass is 261 g/mol. The van der Waals surface area contributed by atoms with Gasteiger partial charge in [-0.1, -0.05) is 44.0 Å². The number of hydrogen-bond acceptors (Lipinski definition) is 2.